The minimum atomic E-state index is -0.471. The molecule has 0 spiro atoms. The number of hydrogen-bond acceptors (Lipinski definition) is 3. The number of hydrazine groups is 1. The predicted molar refractivity (Wildman–Crippen MR) is 95.1 cm³/mol. The van der Waals surface area contributed by atoms with Crippen molar-refractivity contribution in [3.8, 4) is 0 Å². The van der Waals surface area contributed by atoms with Gasteiger partial charge in [0.05, 0.1) is 5.92 Å². The van der Waals surface area contributed by atoms with Gasteiger partial charge in [0.15, 0.2) is 0 Å². The van der Waals surface area contributed by atoms with Gasteiger partial charge in [-0.2, -0.15) is 0 Å². The second kappa shape index (κ2) is 7.79. The lowest BCUT2D eigenvalue weighted by molar-refractivity contribution is -0.131. The molecular weight excluding hydrogens is 374 g/mol. The zero-order valence-electron chi connectivity index (χ0n) is 14.1. The molecule has 1 atom stereocenters. The van der Waals surface area contributed by atoms with Crippen LogP contribution in [0.1, 0.15) is 32.3 Å². The number of nitrogens with one attached hydrogen (secondary N) is 2. The van der Waals surface area contributed by atoms with Crippen molar-refractivity contribution < 1.29 is 14.4 Å². The molecule has 0 saturated carbocycles. The molecule has 0 unspecified atom stereocenters. The highest BCUT2D eigenvalue weighted by atomic mass is 79.9. The van der Waals surface area contributed by atoms with Crippen molar-refractivity contribution in [1.29, 1.82) is 0 Å². The van der Waals surface area contributed by atoms with Gasteiger partial charge in [0.25, 0.3) is 0 Å². The number of halogens is 1. The minimum absolute atomic E-state index is 0.0922. The third kappa shape index (κ3) is 4.56. The van der Waals surface area contributed by atoms with E-state index in [1.165, 1.54) is 0 Å². The standard InChI is InChI=1S/C17H22BrN3O3/c1-10(2)6-15(22)19-20-17(24)12-8-16(23)21(9-12)13-4-5-14(18)11(3)7-13/h4-5,7,10,12H,6,8-9H2,1-3H3,(H,19,22)(H,20,24)/t12-/m1/s1. The van der Waals surface area contributed by atoms with Crippen LogP contribution in [0, 0.1) is 18.8 Å². The van der Waals surface area contributed by atoms with E-state index in [0.29, 0.717) is 13.0 Å². The van der Waals surface area contributed by atoms with Crippen molar-refractivity contribution in [3.05, 3.63) is 28.2 Å². The lowest BCUT2D eigenvalue weighted by Crippen LogP contribution is -2.45. The van der Waals surface area contributed by atoms with Crippen LogP contribution in [0.4, 0.5) is 5.69 Å². The SMILES string of the molecule is Cc1cc(N2C[C@H](C(=O)NNC(=O)CC(C)C)CC2=O)ccc1Br. The molecule has 6 nitrogen and oxygen atoms in total. The Hall–Kier alpha value is -1.89. The summed E-state index contributed by atoms with van der Waals surface area (Å²) in [5.41, 5.74) is 6.62. The van der Waals surface area contributed by atoms with Crippen LogP contribution in [0.3, 0.4) is 0 Å². The molecule has 1 saturated heterocycles. The van der Waals surface area contributed by atoms with Gasteiger partial charge in [-0.1, -0.05) is 29.8 Å². The average molecular weight is 396 g/mol. The van der Waals surface area contributed by atoms with Crippen LogP contribution in [-0.2, 0) is 14.4 Å². The summed E-state index contributed by atoms with van der Waals surface area (Å²) in [6.45, 7) is 6.11. The van der Waals surface area contributed by atoms with E-state index in [4.69, 9.17) is 0 Å². The maximum atomic E-state index is 12.2. The molecule has 0 radical (unpaired) electrons. The summed E-state index contributed by atoms with van der Waals surface area (Å²) in [7, 11) is 0. The molecule has 1 heterocycles. The van der Waals surface area contributed by atoms with Crippen LogP contribution < -0.4 is 15.8 Å². The summed E-state index contributed by atoms with van der Waals surface area (Å²) in [4.78, 5) is 37.6. The zero-order chi connectivity index (χ0) is 17.9. The molecule has 1 aromatic rings. The Balaban J connectivity index is 1.95. The molecule has 130 valence electrons. The Morgan fingerprint density at radius 3 is 2.67 bits per heavy atom. The highest BCUT2D eigenvalue weighted by Crippen LogP contribution is 2.28. The smallest absolute Gasteiger partial charge is 0.243 e. The number of hydrogen-bond donors (Lipinski definition) is 2. The van der Waals surface area contributed by atoms with Gasteiger partial charge < -0.3 is 4.90 Å². The molecule has 3 amide bonds. The summed E-state index contributed by atoms with van der Waals surface area (Å²) < 4.78 is 0.972. The lowest BCUT2D eigenvalue weighted by Gasteiger charge is -2.18. The van der Waals surface area contributed by atoms with Crippen LogP contribution in [0.25, 0.3) is 0 Å². The van der Waals surface area contributed by atoms with Crippen molar-refractivity contribution in [2.75, 3.05) is 11.4 Å². The first-order valence-electron chi connectivity index (χ1n) is 7.93. The number of benzene rings is 1. The topological polar surface area (TPSA) is 78.5 Å². The molecule has 2 rings (SSSR count). The van der Waals surface area contributed by atoms with Crippen LogP contribution in [0.15, 0.2) is 22.7 Å². The van der Waals surface area contributed by atoms with E-state index in [0.717, 1.165) is 15.7 Å². The Labute approximate surface area is 150 Å². The summed E-state index contributed by atoms with van der Waals surface area (Å²) in [5, 5.41) is 0. The van der Waals surface area contributed by atoms with Gasteiger partial charge in [-0.05, 0) is 36.6 Å². The number of carbonyl (C=O) groups is 3. The number of rotatable bonds is 4. The molecule has 0 bridgehead atoms. The minimum Gasteiger partial charge on any atom is -0.312 e. The molecule has 1 aliphatic heterocycles. The Bertz CT molecular complexity index is 660. The Morgan fingerprint density at radius 1 is 1.33 bits per heavy atom. The van der Waals surface area contributed by atoms with Crippen LogP contribution >= 0.6 is 15.9 Å². The highest BCUT2D eigenvalue weighted by molar-refractivity contribution is 9.10. The molecule has 7 heteroatoms. The van der Waals surface area contributed by atoms with Crippen molar-refractivity contribution in [2.45, 2.75) is 33.6 Å². The first-order valence-corrected chi connectivity index (χ1v) is 8.72. The summed E-state index contributed by atoms with van der Waals surface area (Å²) in [5.74, 6) is -0.919. The first-order chi connectivity index (χ1) is 11.3. The van der Waals surface area contributed by atoms with Crippen LogP contribution in [0.5, 0.6) is 0 Å². The largest absolute Gasteiger partial charge is 0.312 e. The summed E-state index contributed by atoms with van der Waals surface area (Å²) in [6.07, 6.45) is 0.481. The third-order valence-corrected chi connectivity index (χ3v) is 4.76. The fourth-order valence-electron chi connectivity index (χ4n) is 2.58. The Kier molecular flexibility index (Phi) is 5.99. The van der Waals surface area contributed by atoms with Crippen molar-refractivity contribution in [3.63, 3.8) is 0 Å². The van der Waals surface area contributed by atoms with E-state index >= 15 is 0 Å². The molecule has 0 aliphatic carbocycles. The van der Waals surface area contributed by atoms with Gasteiger partial charge in [-0.25, -0.2) is 0 Å². The number of carbonyl (C=O) groups excluding carboxylic acids is 3. The van der Waals surface area contributed by atoms with E-state index in [2.05, 4.69) is 26.8 Å². The van der Waals surface area contributed by atoms with E-state index in [-0.39, 0.29) is 30.1 Å². The highest BCUT2D eigenvalue weighted by Gasteiger charge is 2.35. The monoisotopic (exact) mass is 395 g/mol. The fourth-order valence-corrected chi connectivity index (χ4v) is 2.83. The van der Waals surface area contributed by atoms with E-state index < -0.39 is 5.92 Å². The summed E-state index contributed by atoms with van der Waals surface area (Å²) in [6, 6.07) is 5.64. The molecule has 2 N–H and O–H groups in total. The lowest BCUT2D eigenvalue weighted by atomic mass is 10.1. The fraction of sp³-hybridized carbons (Fsp3) is 0.471. The predicted octanol–water partition coefficient (Wildman–Crippen LogP) is 2.30. The zero-order valence-corrected chi connectivity index (χ0v) is 15.6. The van der Waals surface area contributed by atoms with E-state index in [1.807, 2.05) is 39.0 Å². The number of aryl methyl sites for hydroxylation is 1. The normalized spacial score (nSPS) is 17.3. The molecule has 24 heavy (non-hydrogen) atoms. The van der Waals surface area contributed by atoms with Crippen LogP contribution in [-0.4, -0.2) is 24.3 Å². The molecule has 1 aromatic carbocycles. The third-order valence-electron chi connectivity index (χ3n) is 3.87. The van der Waals surface area contributed by atoms with E-state index in [9.17, 15) is 14.4 Å². The van der Waals surface area contributed by atoms with Gasteiger partial charge in [0, 0.05) is 29.5 Å². The molecule has 1 fully saturated rings. The first kappa shape index (κ1) is 18.4. The Morgan fingerprint density at radius 2 is 2.04 bits per heavy atom. The second-order valence-electron chi connectivity index (χ2n) is 6.47. The van der Waals surface area contributed by atoms with Gasteiger partial charge >= 0.3 is 0 Å². The number of nitrogens with zero attached hydrogens (tertiary/aromatic N) is 1. The van der Waals surface area contributed by atoms with Crippen molar-refractivity contribution >= 4 is 39.3 Å². The van der Waals surface area contributed by atoms with Gasteiger partial charge in [0.2, 0.25) is 17.7 Å². The van der Waals surface area contributed by atoms with Gasteiger partial charge in [-0.15, -0.1) is 0 Å². The number of amides is 3. The van der Waals surface area contributed by atoms with Gasteiger partial charge in [0.1, 0.15) is 0 Å². The van der Waals surface area contributed by atoms with Crippen LogP contribution in [0.2, 0.25) is 0 Å². The average Bonchev–Trinajstić information content (AvgIpc) is 2.89. The second-order valence-corrected chi connectivity index (χ2v) is 7.33. The van der Waals surface area contributed by atoms with Crippen molar-refractivity contribution in [1.82, 2.24) is 10.9 Å². The quantitative estimate of drug-likeness (QED) is 0.767. The molecular formula is C17H22BrN3O3. The van der Waals surface area contributed by atoms with E-state index in [1.54, 1.807) is 4.90 Å². The molecule has 1 aliphatic rings. The molecule has 0 aromatic heterocycles. The van der Waals surface area contributed by atoms with Gasteiger partial charge in [-0.3, -0.25) is 25.2 Å². The maximum absolute atomic E-state index is 12.2. The maximum Gasteiger partial charge on any atom is 0.243 e. The summed E-state index contributed by atoms with van der Waals surface area (Å²) >= 11 is 3.43. The number of anilines is 1. The van der Waals surface area contributed by atoms with Crippen molar-refractivity contribution in [2.24, 2.45) is 11.8 Å².